The third-order valence-electron chi connectivity index (χ3n) is 5.91. The first kappa shape index (κ1) is 21.1. The monoisotopic (exact) mass is 484 g/mol. The molecule has 3 aromatic heterocycles. The maximum absolute atomic E-state index is 6.38. The van der Waals surface area contributed by atoms with Crippen LogP contribution in [-0.4, -0.2) is 29.1 Å². The van der Waals surface area contributed by atoms with Crippen molar-refractivity contribution in [3.05, 3.63) is 95.0 Å². The second-order valence-corrected chi connectivity index (χ2v) is 9.45. The van der Waals surface area contributed by atoms with Gasteiger partial charge in [0.05, 0.1) is 16.6 Å². The molecule has 6 aromatic rings. The van der Waals surface area contributed by atoms with Crippen LogP contribution in [0.3, 0.4) is 0 Å². The van der Waals surface area contributed by atoms with Gasteiger partial charge in [0, 0.05) is 29.1 Å². The zero-order valence-corrected chi connectivity index (χ0v) is 20.1. The molecule has 0 aliphatic rings. The third-order valence-corrected chi connectivity index (χ3v) is 7.26. The molecule has 0 N–H and O–H groups in total. The van der Waals surface area contributed by atoms with Crippen molar-refractivity contribution in [1.82, 2.24) is 29.1 Å². The minimum atomic E-state index is 0.700. The van der Waals surface area contributed by atoms with E-state index in [1.807, 2.05) is 78.2 Å². The predicted molar refractivity (Wildman–Crippen MR) is 137 cm³/mol. The predicted octanol–water partition coefficient (Wildman–Crippen LogP) is 6.12. The average molecular weight is 485 g/mol. The van der Waals surface area contributed by atoms with Crippen LogP contribution in [-0.2, 0) is 18.7 Å². The van der Waals surface area contributed by atoms with E-state index >= 15 is 0 Å². The number of hydrogen-bond acceptors (Lipinski definition) is 5. The molecule has 168 valence electrons. The minimum Gasteiger partial charge on any atom is -0.328 e. The molecule has 0 unspecified atom stereocenters. The maximum Gasteiger partial charge on any atom is 0.191 e. The summed E-state index contributed by atoms with van der Waals surface area (Å²) in [6.45, 7) is 2.80. The Kier molecular flexibility index (Phi) is 5.43. The van der Waals surface area contributed by atoms with Gasteiger partial charge in [-0.25, -0.2) is 15.0 Å². The highest BCUT2D eigenvalue weighted by Crippen LogP contribution is 2.28. The van der Waals surface area contributed by atoms with Gasteiger partial charge in [-0.3, -0.25) is 0 Å². The van der Waals surface area contributed by atoms with Crippen LogP contribution in [0.15, 0.2) is 78.0 Å². The second-order valence-electron chi connectivity index (χ2n) is 8.10. The molecule has 0 aliphatic heterocycles. The lowest BCUT2D eigenvalue weighted by molar-refractivity contribution is 0.662. The van der Waals surface area contributed by atoms with Crippen LogP contribution in [0.25, 0.3) is 27.6 Å². The van der Waals surface area contributed by atoms with E-state index in [0.717, 1.165) is 61.5 Å². The number of aromatic nitrogens is 6. The number of hydrogen-bond donors (Lipinski definition) is 0. The van der Waals surface area contributed by atoms with Crippen molar-refractivity contribution < 1.29 is 0 Å². The van der Waals surface area contributed by atoms with Gasteiger partial charge in [0.15, 0.2) is 16.6 Å². The van der Waals surface area contributed by atoms with Gasteiger partial charge in [-0.05, 0) is 42.8 Å². The molecular formula is C26H21ClN6S. The molecule has 0 aliphatic carbocycles. The van der Waals surface area contributed by atoms with E-state index in [1.54, 1.807) is 11.8 Å². The van der Waals surface area contributed by atoms with Crippen molar-refractivity contribution >= 4 is 50.9 Å². The number of imidazole rings is 1. The number of aryl methyl sites for hydroxylation is 3. The Bertz CT molecular complexity index is 1650. The molecule has 0 spiro atoms. The fraction of sp³-hybridized carbons (Fsp3) is 0.154. The maximum atomic E-state index is 6.38. The third kappa shape index (κ3) is 3.81. The molecule has 0 bridgehead atoms. The van der Waals surface area contributed by atoms with E-state index in [9.17, 15) is 0 Å². The fourth-order valence-electron chi connectivity index (χ4n) is 4.22. The Morgan fingerprint density at radius 3 is 2.50 bits per heavy atom. The number of nitrogens with zero attached hydrogens (tertiary/aromatic N) is 6. The number of fused-ring (bicyclic) bond motifs is 4. The zero-order valence-electron chi connectivity index (χ0n) is 18.5. The summed E-state index contributed by atoms with van der Waals surface area (Å²) in [6.07, 6.45) is 0.700. The first-order chi connectivity index (χ1) is 16.7. The summed E-state index contributed by atoms with van der Waals surface area (Å²) < 4.78 is 4.10. The number of thioether (sulfide) groups is 1. The van der Waals surface area contributed by atoms with Crippen LogP contribution in [0, 0.1) is 6.92 Å². The summed E-state index contributed by atoms with van der Waals surface area (Å²) in [5, 5.41) is 7.42. The van der Waals surface area contributed by atoms with Crippen LogP contribution >= 0.6 is 23.4 Å². The van der Waals surface area contributed by atoms with E-state index in [0.29, 0.717) is 12.2 Å². The molecule has 0 amide bonds. The van der Waals surface area contributed by atoms with E-state index in [4.69, 9.17) is 26.7 Å². The van der Waals surface area contributed by atoms with Crippen LogP contribution in [0.5, 0.6) is 0 Å². The van der Waals surface area contributed by atoms with Crippen molar-refractivity contribution in [3.63, 3.8) is 0 Å². The molecule has 8 heteroatoms. The van der Waals surface area contributed by atoms with E-state index < -0.39 is 0 Å². The van der Waals surface area contributed by atoms with Crippen LogP contribution in [0.1, 0.15) is 17.2 Å². The quantitative estimate of drug-likeness (QED) is 0.210. The van der Waals surface area contributed by atoms with Crippen molar-refractivity contribution in [1.29, 1.82) is 0 Å². The number of benzene rings is 3. The number of para-hydroxylation sites is 3. The summed E-state index contributed by atoms with van der Waals surface area (Å²) in [5.41, 5.74) is 4.95. The smallest absolute Gasteiger partial charge is 0.191 e. The van der Waals surface area contributed by atoms with Crippen LogP contribution in [0.2, 0.25) is 5.02 Å². The van der Waals surface area contributed by atoms with Gasteiger partial charge in [-0.15, -0.1) is 5.10 Å². The molecule has 0 fully saturated rings. The standard InChI is InChI=1S/C26H21ClN6S/c1-17-28-22-12-6-7-13-23(22)32(17)15-14-24-30-25-19-9-3-5-11-21(19)29-26(33(25)31-24)34-16-18-8-2-4-10-20(18)27/h2-13H,14-16H2,1H3. The lowest BCUT2D eigenvalue weighted by Crippen LogP contribution is -2.05. The fourth-order valence-corrected chi connectivity index (χ4v) is 5.45. The van der Waals surface area contributed by atoms with Gasteiger partial charge in [0.2, 0.25) is 0 Å². The van der Waals surface area contributed by atoms with Crippen LogP contribution in [0.4, 0.5) is 0 Å². The summed E-state index contributed by atoms with van der Waals surface area (Å²) in [4.78, 5) is 14.5. The van der Waals surface area contributed by atoms with Crippen LogP contribution < -0.4 is 0 Å². The molecule has 3 heterocycles. The molecule has 0 radical (unpaired) electrons. The highest BCUT2D eigenvalue weighted by atomic mass is 35.5. The molecular weight excluding hydrogens is 464 g/mol. The molecule has 0 saturated heterocycles. The summed E-state index contributed by atoms with van der Waals surface area (Å²) in [7, 11) is 0. The summed E-state index contributed by atoms with van der Waals surface area (Å²) in [5.74, 6) is 2.48. The lowest BCUT2D eigenvalue weighted by Gasteiger charge is -2.07. The van der Waals surface area contributed by atoms with Gasteiger partial charge in [-0.1, -0.05) is 65.8 Å². The highest BCUT2D eigenvalue weighted by molar-refractivity contribution is 7.98. The number of halogens is 1. The van der Waals surface area contributed by atoms with Gasteiger partial charge in [0.25, 0.3) is 0 Å². The van der Waals surface area contributed by atoms with Crippen molar-refractivity contribution in [3.8, 4) is 0 Å². The largest absolute Gasteiger partial charge is 0.328 e. The molecule has 6 nitrogen and oxygen atoms in total. The van der Waals surface area contributed by atoms with Gasteiger partial charge in [0.1, 0.15) is 5.82 Å². The second kappa shape index (κ2) is 8.74. The Morgan fingerprint density at radius 1 is 0.853 bits per heavy atom. The average Bonchev–Trinajstić information content (AvgIpc) is 3.42. The minimum absolute atomic E-state index is 0.700. The SMILES string of the molecule is Cc1nc2ccccc2n1CCc1nc2c3ccccc3nc(SCc3ccccc3Cl)n2n1. The highest BCUT2D eigenvalue weighted by Gasteiger charge is 2.15. The van der Waals surface area contributed by atoms with E-state index in [1.165, 1.54) is 0 Å². The normalized spacial score (nSPS) is 11.7. The first-order valence-corrected chi connectivity index (χ1v) is 12.5. The van der Waals surface area contributed by atoms with E-state index in [-0.39, 0.29) is 0 Å². The molecule has 6 rings (SSSR count). The molecule has 3 aromatic carbocycles. The first-order valence-electron chi connectivity index (χ1n) is 11.1. The Morgan fingerprint density at radius 2 is 1.62 bits per heavy atom. The molecule has 34 heavy (non-hydrogen) atoms. The molecule has 0 atom stereocenters. The summed E-state index contributed by atoms with van der Waals surface area (Å²) >= 11 is 7.99. The van der Waals surface area contributed by atoms with E-state index in [2.05, 4.69) is 15.6 Å². The van der Waals surface area contributed by atoms with Gasteiger partial charge < -0.3 is 4.57 Å². The van der Waals surface area contributed by atoms with Crippen molar-refractivity contribution in [2.75, 3.05) is 0 Å². The zero-order chi connectivity index (χ0) is 23.1. The Hall–Kier alpha value is -3.42. The van der Waals surface area contributed by atoms with Crippen molar-refractivity contribution in [2.24, 2.45) is 0 Å². The topological polar surface area (TPSA) is 60.9 Å². The number of rotatable bonds is 6. The van der Waals surface area contributed by atoms with Gasteiger partial charge >= 0.3 is 0 Å². The lowest BCUT2D eigenvalue weighted by atomic mass is 10.2. The molecule has 0 saturated carbocycles. The summed E-state index contributed by atoms with van der Waals surface area (Å²) in [6, 6.07) is 24.2. The van der Waals surface area contributed by atoms with Crippen molar-refractivity contribution in [2.45, 2.75) is 30.8 Å². The Balaban J connectivity index is 1.36. The van der Waals surface area contributed by atoms with Gasteiger partial charge in [-0.2, -0.15) is 4.52 Å². The Labute approximate surface area is 205 Å².